The van der Waals surface area contributed by atoms with Gasteiger partial charge in [-0.25, -0.2) is 0 Å². The highest BCUT2D eigenvalue weighted by Gasteiger charge is 2.50. The second kappa shape index (κ2) is 25.2. The number of morpholine rings is 1. The number of nitrogens with zero attached hydrogens (tertiary/aromatic N) is 2. The first-order valence-electron chi connectivity index (χ1n) is 24.1. The summed E-state index contributed by atoms with van der Waals surface area (Å²) >= 11 is 0. The molecule has 3 aromatic rings. The van der Waals surface area contributed by atoms with Crippen molar-refractivity contribution < 1.29 is 52.3 Å². The summed E-state index contributed by atoms with van der Waals surface area (Å²) in [4.78, 5) is 88.4. The lowest BCUT2D eigenvalue weighted by Crippen LogP contribution is -2.57. The van der Waals surface area contributed by atoms with Crippen LogP contribution in [0.15, 0.2) is 78.0 Å². The van der Waals surface area contributed by atoms with Gasteiger partial charge in [0.1, 0.15) is 44.6 Å². The number of esters is 1. The highest BCUT2D eigenvalue weighted by atomic mass is 16.6. The Hall–Kier alpha value is -5.57. The SMILES string of the molecule is CO/N=C/c1cc(C[N+]2(CC(=O)C[C@@H](CCc3ccccc3)C(=O)N[C@@H](CC(C)C)C(=O)C[C@@H](Cc3ccccc3)C(=O)N[C@@H](CC(C)C)C(=O)[C@@]3(C)CO3)CCOCC2)cc(C)c1OC(C)=O. The summed E-state index contributed by atoms with van der Waals surface area (Å²) in [6.45, 7) is 15.8. The molecule has 5 atom stereocenters. The van der Waals surface area contributed by atoms with Crippen LogP contribution in [0.4, 0.5) is 0 Å². The lowest BCUT2D eigenvalue weighted by atomic mass is 9.87. The maximum absolute atomic E-state index is 14.6. The maximum Gasteiger partial charge on any atom is 0.308 e. The monoisotopic (exact) mass is 938 g/mol. The van der Waals surface area contributed by atoms with Gasteiger partial charge in [-0.15, -0.1) is 0 Å². The molecule has 2 amide bonds. The zero-order valence-corrected chi connectivity index (χ0v) is 41.3. The zero-order valence-electron chi connectivity index (χ0n) is 41.3. The summed E-state index contributed by atoms with van der Waals surface area (Å²) in [5, 5.41) is 10.0. The molecule has 2 fully saturated rings. The Morgan fingerprint density at radius 2 is 1.40 bits per heavy atom. The largest absolute Gasteiger partial charge is 0.426 e. The van der Waals surface area contributed by atoms with Crippen molar-refractivity contribution >= 4 is 41.3 Å². The van der Waals surface area contributed by atoms with E-state index in [1.54, 1.807) is 6.92 Å². The predicted molar refractivity (Wildman–Crippen MR) is 260 cm³/mol. The number of ether oxygens (including phenoxy) is 3. The van der Waals surface area contributed by atoms with Crippen molar-refractivity contribution in [3.63, 3.8) is 0 Å². The van der Waals surface area contributed by atoms with E-state index in [1.807, 2.05) is 107 Å². The second-order valence-electron chi connectivity index (χ2n) is 19.8. The number of epoxide rings is 1. The van der Waals surface area contributed by atoms with Gasteiger partial charge < -0.3 is 34.2 Å². The van der Waals surface area contributed by atoms with E-state index in [9.17, 15) is 28.8 Å². The van der Waals surface area contributed by atoms with Crippen molar-refractivity contribution in [2.24, 2.45) is 28.8 Å². The van der Waals surface area contributed by atoms with E-state index in [0.29, 0.717) is 80.9 Å². The molecule has 0 saturated carbocycles. The number of Topliss-reactive ketones (excluding diaryl/α,β-unsaturated/α-hetero) is 3. The van der Waals surface area contributed by atoms with E-state index in [2.05, 4.69) is 15.8 Å². The molecular weight excluding hydrogens is 865 g/mol. The lowest BCUT2D eigenvalue weighted by molar-refractivity contribution is -0.940. The molecule has 2 saturated heterocycles. The van der Waals surface area contributed by atoms with Crippen molar-refractivity contribution in [1.29, 1.82) is 0 Å². The minimum atomic E-state index is -0.935. The van der Waals surface area contributed by atoms with E-state index in [-0.39, 0.29) is 60.9 Å². The van der Waals surface area contributed by atoms with Gasteiger partial charge in [0.05, 0.1) is 38.1 Å². The van der Waals surface area contributed by atoms with Crippen LogP contribution in [0.3, 0.4) is 0 Å². The van der Waals surface area contributed by atoms with Crippen molar-refractivity contribution in [3.05, 3.63) is 101 Å². The number of ketones is 3. The number of carbonyl (C=O) groups excluding carboxylic acids is 6. The molecule has 14 heteroatoms. The fourth-order valence-corrected chi connectivity index (χ4v) is 9.16. The van der Waals surface area contributed by atoms with Gasteiger partial charge in [-0.3, -0.25) is 28.8 Å². The second-order valence-corrected chi connectivity index (χ2v) is 19.8. The third-order valence-corrected chi connectivity index (χ3v) is 12.8. The molecule has 0 unspecified atom stereocenters. The van der Waals surface area contributed by atoms with Gasteiger partial charge in [0.25, 0.3) is 0 Å². The van der Waals surface area contributed by atoms with Crippen molar-refractivity contribution in [2.45, 2.75) is 118 Å². The number of carbonyl (C=O) groups is 6. The van der Waals surface area contributed by atoms with Crippen LogP contribution in [-0.4, -0.2) is 110 Å². The molecule has 2 aliphatic heterocycles. The average molecular weight is 938 g/mol. The van der Waals surface area contributed by atoms with Crippen LogP contribution in [0.2, 0.25) is 0 Å². The number of quaternary nitrogens is 1. The summed E-state index contributed by atoms with van der Waals surface area (Å²) in [7, 11) is 1.43. The molecule has 0 spiro atoms. The number of hydrogen-bond donors (Lipinski definition) is 2. The first-order valence-corrected chi connectivity index (χ1v) is 24.1. The summed E-state index contributed by atoms with van der Waals surface area (Å²) in [6, 6.07) is 21.4. The minimum absolute atomic E-state index is 0.0149. The highest BCUT2D eigenvalue weighted by Crippen LogP contribution is 2.31. The molecule has 368 valence electrons. The number of hydrogen-bond acceptors (Lipinski definition) is 11. The molecule has 0 aromatic heterocycles. The number of benzene rings is 3. The van der Waals surface area contributed by atoms with E-state index < -0.39 is 41.4 Å². The van der Waals surface area contributed by atoms with Gasteiger partial charge >= 0.3 is 5.97 Å². The van der Waals surface area contributed by atoms with Crippen LogP contribution >= 0.6 is 0 Å². The van der Waals surface area contributed by atoms with Crippen LogP contribution < -0.4 is 15.4 Å². The zero-order chi connectivity index (χ0) is 49.4. The Kier molecular flexibility index (Phi) is 19.8. The molecule has 3 aromatic carbocycles. The molecule has 2 N–H and O–H groups in total. The van der Waals surface area contributed by atoms with Crippen LogP contribution in [-0.2, 0) is 62.5 Å². The third kappa shape index (κ3) is 16.3. The van der Waals surface area contributed by atoms with Gasteiger partial charge in [-0.05, 0) is 86.6 Å². The Morgan fingerprint density at radius 1 is 0.809 bits per heavy atom. The molecule has 5 rings (SSSR count). The van der Waals surface area contributed by atoms with E-state index in [0.717, 1.165) is 22.3 Å². The third-order valence-electron chi connectivity index (χ3n) is 12.8. The fraction of sp³-hybridized carbons (Fsp3) is 0.537. The van der Waals surface area contributed by atoms with Gasteiger partial charge in [-0.2, -0.15) is 0 Å². The van der Waals surface area contributed by atoms with Gasteiger partial charge in [-0.1, -0.05) is 93.5 Å². The van der Waals surface area contributed by atoms with Gasteiger partial charge in [0.2, 0.25) is 11.8 Å². The molecule has 0 radical (unpaired) electrons. The van der Waals surface area contributed by atoms with Crippen LogP contribution in [0.5, 0.6) is 5.75 Å². The van der Waals surface area contributed by atoms with Gasteiger partial charge in [0.15, 0.2) is 17.3 Å². The number of amides is 2. The van der Waals surface area contributed by atoms with Crippen molar-refractivity contribution in [2.75, 3.05) is 46.6 Å². The van der Waals surface area contributed by atoms with Crippen molar-refractivity contribution in [3.8, 4) is 5.75 Å². The molecule has 0 aliphatic carbocycles. The molecule has 0 bridgehead atoms. The highest BCUT2D eigenvalue weighted by molar-refractivity contribution is 5.98. The Balaban J connectivity index is 1.38. The first-order chi connectivity index (χ1) is 32.4. The van der Waals surface area contributed by atoms with E-state index in [4.69, 9.17) is 19.0 Å². The molecule has 2 aliphatic rings. The molecule has 68 heavy (non-hydrogen) atoms. The quantitative estimate of drug-likeness (QED) is 0.0209. The number of aryl methyl sites for hydroxylation is 2. The smallest absolute Gasteiger partial charge is 0.308 e. The maximum atomic E-state index is 14.6. The number of oxime groups is 1. The molecule has 14 nitrogen and oxygen atoms in total. The first kappa shape index (κ1) is 53.4. The number of nitrogens with one attached hydrogen (secondary N) is 2. The lowest BCUT2D eigenvalue weighted by Gasteiger charge is -2.41. The summed E-state index contributed by atoms with van der Waals surface area (Å²) < 4.78 is 17.2. The van der Waals surface area contributed by atoms with Crippen molar-refractivity contribution in [1.82, 2.24) is 10.6 Å². The minimum Gasteiger partial charge on any atom is -0.426 e. The Bertz CT molecular complexity index is 2220. The van der Waals surface area contributed by atoms with E-state index in [1.165, 1.54) is 20.2 Å². The Labute approximate surface area is 402 Å². The Morgan fingerprint density at radius 3 is 1.99 bits per heavy atom. The average Bonchev–Trinajstić information content (AvgIpc) is 4.05. The summed E-state index contributed by atoms with van der Waals surface area (Å²) in [5.74, 6) is -2.86. The molecular formula is C54H73N4O10+. The van der Waals surface area contributed by atoms with Crippen LogP contribution in [0.25, 0.3) is 0 Å². The fourth-order valence-electron chi connectivity index (χ4n) is 9.16. The van der Waals surface area contributed by atoms with Crippen LogP contribution in [0.1, 0.15) is 101 Å². The summed E-state index contributed by atoms with van der Waals surface area (Å²) in [5.41, 5.74) is 3.15. The number of rotatable bonds is 27. The van der Waals surface area contributed by atoms with Crippen LogP contribution in [0, 0.1) is 30.6 Å². The summed E-state index contributed by atoms with van der Waals surface area (Å²) in [6.07, 6.45) is 3.23. The molecule has 2 heterocycles. The van der Waals surface area contributed by atoms with E-state index >= 15 is 0 Å². The normalized spacial score (nSPS) is 18.3. The van der Waals surface area contributed by atoms with Gasteiger partial charge in [0, 0.05) is 42.7 Å². The predicted octanol–water partition coefficient (Wildman–Crippen LogP) is 6.69. The topological polar surface area (TPSA) is 179 Å². The standard InChI is InChI=1S/C54H72N4O10/c1-36(2)25-47(49(61)31-44(28-41-17-13-10-14-18-41)53(64)57-48(26-37(3)4)51(62)54(7)35-67-54)56-52(63)43(20-19-40-15-11-9-12-16-40)30-46(60)34-58(21-23-66-24-22-58)33-42-27-38(5)50(68-39(6)59)45(29-42)32-55-65-8/h9-18,27,29,32,36-37,43-44,47-48H,19-26,28,30-31,33-35H2,1-8H3,(H-,56,57,63,64)/p+1/b55-32+/t43-,44-,47+,48+,54-/m1/s1.